The Morgan fingerprint density at radius 1 is 1.36 bits per heavy atom. The molecule has 0 saturated carbocycles. The lowest BCUT2D eigenvalue weighted by atomic mass is 10.3. The van der Waals surface area contributed by atoms with Gasteiger partial charge in [-0.2, -0.15) is 0 Å². The summed E-state index contributed by atoms with van der Waals surface area (Å²) in [4.78, 5) is 32.9. The van der Waals surface area contributed by atoms with Crippen LogP contribution in [-0.2, 0) is 4.79 Å². The molecular formula is C7H5NO5S. The van der Waals surface area contributed by atoms with Gasteiger partial charge in [0.2, 0.25) is 0 Å². The van der Waals surface area contributed by atoms with Crippen LogP contribution in [0.15, 0.2) is 10.9 Å². The van der Waals surface area contributed by atoms with Gasteiger partial charge < -0.3 is 15.2 Å². The summed E-state index contributed by atoms with van der Waals surface area (Å²) < 4.78 is 0. The zero-order valence-electron chi connectivity index (χ0n) is 6.68. The molecule has 0 fully saturated rings. The number of aromatic amines is 1. The molecule has 0 bridgehead atoms. The largest absolute Gasteiger partial charge is 0.478 e. The summed E-state index contributed by atoms with van der Waals surface area (Å²) >= 11 is 0.519. The molecular weight excluding hydrogens is 210 g/mol. The Hall–Kier alpha value is -1.89. The summed E-state index contributed by atoms with van der Waals surface area (Å²) in [5.74, 6) is -2.48. The summed E-state index contributed by atoms with van der Waals surface area (Å²) in [6.45, 7) is 0. The van der Waals surface area contributed by atoms with Crippen LogP contribution < -0.4 is 4.87 Å². The lowest BCUT2D eigenvalue weighted by Crippen LogP contribution is -1.96. The number of nitrogens with one attached hydrogen (secondary N) is 1. The number of aromatic nitrogens is 1. The van der Waals surface area contributed by atoms with Crippen LogP contribution in [0.4, 0.5) is 0 Å². The highest BCUT2D eigenvalue weighted by atomic mass is 32.1. The van der Waals surface area contributed by atoms with Crippen LogP contribution in [0.25, 0.3) is 6.08 Å². The van der Waals surface area contributed by atoms with Gasteiger partial charge in [0.25, 0.3) is 0 Å². The standard InChI is InChI=1S/C7H5NO5S/c9-4(10)2-1-3-5(6(11)12)14-7(13)8-3/h1-2H,(H,8,13)(H,9,10)(H,11,12)/b2-1-. The van der Waals surface area contributed by atoms with Crippen molar-refractivity contribution in [2.75, 3.05) is 0 Å². The number of aliphatic carboxylic acids is 1. The first kappa shape index (κ1) is 10.2. The highest BCUT2D eigenvalue weighted by molar-refractivity contribution is 7.11. The van der Waals surface area contributed by atoms with Gasteiger partial charge in [0.05, 0.1) is 5.69 Å². The third-order valence-corrected chi connectivity index (χ3v) is 2.15. The van der Waals surface area contributed by atoms with E-state index in [0.29, 0.717) is 11.3 Å². The van der Waals surface area contributed by atoms with Gasteiger partial charge in [-0.05, 0) is 6.08 Å². The first-order chi connectivity index (χ1) is 6.50. The van der Waals surface area contributed by atoms with Gasteiger partial charge in [-0.15, -0.1) is 0 Å². The minimum Gasteiger partial charge on any atom is -0.478 e. The molecule has 0 aliphatic carbocycles. The number of rotatable bonds is 3. The zero-order valence-corrected chi connectivity index (χ0v) is 7.50. The normalized spacial score (nSPS) is 10.6. The highest BCUT2D eigenvalue weighted by Gasteiger charge is 2.12. The number of aromatic carboxylic acids is 1. The molecule has 6 nitrogen and oxygen atoms in total. The third-order valence-electron chi connectivity index (χ3n) is 1.26. The number of carboxylic acid groups (broad SMARTS) is 2. The quantitative estimate of drug-likeness (QED) is 0.625. The van der Waals surface area contributed by atoms with E-state index in [1.165, 1.54) is 0 Å². The van der Waals surface area contributed by atoms with Gasteiger partial charge in [-0.25, -0.2) is 9.59 Å². The van der Waals surface area contributed by atoms with E-state index >= 15 is 0 Å². The second kappa shape index (κ2) is 3.88. The smallest absolute Gasteiger partial charge is 0.348 e. The molecule has 0 saturated heterocycles. The average molecular weight is 215 g/mol. The van der Waals surface area contributed by atoms with Crippen LogP contribution in [0.2, 0.25) is 0 Å². The molecule has 0 radical (unpaired) electrons. The molecule has 1 aromatic heterocycles. The van der Waals surface area contributed by atoms with Crippen molar-refractivity contribution in [1.29, 1.82) is 0 Å². The van der Waals surface area contributed by atoms with Crippen LogP contribution in [0, 0.1) is 0 Å². The number of carbonyl (C=O) groups is 2. The SMILES string of the molecule is O=C(O)/C=C\c1[nH]c(=O)sc1C(=O)O. The van der Waals surface area contributed by atoms with E-state index in [-0.39, 0.29) is 10.6 Å². The van der Waals surface area contributed by atoms with Crippen LogP contribution in [-0.4, -0.2) is 27.1 Å². The maximum absolute atomic E-state index is 10.8. The maximum atomic E-state index is 10.8. The fourth-order valence-electron chi connectivity index (χ4n) is 0.771. The Morgan fingerprint density at radius 2 is 2.00 bits per heavy atom. The van der Waals surface area contributed by atoms with Crippen molar-refractivity contribution < 1.29 is 19.8 Å². The Labute approximate surface area is 81.1 Å². The summed E-state index contributed by atoms with van der Waals surface area (Å²) in [5.41, 5.74) is -0.00472. The van der Waals surface area contributed by atoms with E-state index in [4.69, 9.17) is 10.2 Å². The lowest BCUT2D eigenvalue weighted by molar-refractivity contribution is -0.131. The topological polar surface area (TPSA) is 107 Å². The summed E-state index contributed by atoms with van der Waals surface area (Å²) in [6.07, 6.45) is 1.79. The van der Waals surface area contributed by atoms with Crippen molar-refractivity contribution in [1.82, 2.24) is 4.98 Å². The molecule has 0 aliphatic heterocycles. The van der Waals surface area contributed by atoms with Crippen molar-refractivity contribution in [2.45, 2.75) is 0 Å². The van der Waals surface area contributed by atoms with E-state index in [1.807, 2.05) is 0 Å². The van der Waals surface area contributed by atoms with Gasteiger partial charge in [0.1, 0.15) is 4.88 Å². The zero-order chi connectivity index (χ0) is 10.7. The Balaban J connectivity index is 3.14. The number of hydrogen-bond acceptors (Lipinski definition) is 4. The van der Waals surface area contributed by atoms with E-state index in [2.05, 4.69) is 4.98 Å². The maximum Gasteiger partial charge on any atom is 0.348 e. The monoisotopic (exact) mass is 215 g/mol. The minimum atomic E-state index is -1.27. The molecule has 74 valence electrons. The third kappa shape index (κ3) is 2.30. The summed E-state index contributed by atoms with van der Waals surface area (Å²) in [6, 6.07) is 0. The predicted molar refractivity (Wildman–Crippen MR) is 48.6 cm³/mol. The lowest BCUT2D eigenvalue weighted by Gasteiger charge is -1.88. The molecule has 1 rings (SSSR count). The van der Waals surface area contributed by atoms with Gasteiger partial charge >= 0.3 is 16.8 Å². The van der Waals surface area contributed by atoms with Gasteiger partial charge in [0.15, 0.2) is 0 Å². The van der Waals surface area contributed by atoms with Crippen LogP contribution in [0.3, 0.4) is 0 Å². The van der Waals surface area contributed by atoms with Crippen LogP contribution >= 0.6 is 11.3 Å². The van der Waals surface area contributed by atoms with Crippen molar-refractivity contribution in [3.05, 3.63) is 26.3 Å². The minimum absolute atomic E-state index is 0.00472. The van der Waals surface area contributed by atoms with E-state index in [1.54, 1.807) is 0 Å². The molecule has 0 spiro atoms. The molecule has 1 heterocycles. The second-order valence-corrected chi connectivity index (χ2v) is 3.22. The number of thiazole rings is 1. The van der Waals surface area contributed by atoms with Crippen molar-refractivity contribution in [3.63, 3.8) is 0 Å². The molecule has 0 unspecified atom stereocenters. The first-order valence-electron chi connectivity index (χ1n) is 3.38. The molecule has 7 heteroatoms. The second-order valence-electron chi connectivity index (χ2n) is 2.23. The van der Waals surface area contributed by atoms with Crippen molar-refractivity contribution in [3.8, 4) is 0 Å². The molecule has 0 aliphatic rings. The number of hydrogen-bond donors (Lipinski definition) is 3. The van der Waals surface area contributed by atoms with Crippen LogP contribution in [0.1, 0.15) is 15.4 Å². The Morgan fingerprint density at radius 3 is 2.50 bits per heavy atom. The average Bonchev–Trinajstić information content (AvgIpc) is 2.43. The molecule has 14 heavy (non-hydrogen) atoms. The molecule has 0 amide bonds. The first-order valence-corrected chi connectivity index (χ1v) is 4.20. The van der Waals surface area contributed by atoms with Gasteiger partial charge in [0, 0.05) is 6.08 Å². The van der Waals surface area contributed by atoms with Gasteiger partial charge in [-0.1, -0.05) is 11.3 Å². The summed E-state index contributed by atoms with van der Waals surface area (Å²) in [5, 5.41) is 16.9. The Kier molecular flexibility index (Phi) is 2.82. The summed E-state index contributed by atoms with van der Waals surface area (Å²) in [7, 11) is 0. The fourth-order valence-corrected chi connectivity index (χ4v) is 1.43. The highest BCUT2D eigenvalue weighted by Crippen LogP contribution is 2.10. The van der Waals surface area contributed by atoms with Crippen molar-refractivity contribution in [2.24, 2.45) is 0 Å². The number of carboxylic acids is 2. The molecule has 1 aromatic rings. The molecule has 3 N–H and O–H groups in total. The molecule has 0 atom stereocenters. The van der Waals surface area contributed by atoms with Crippen molar-refractivity contribution >= 4 is 29.4 Å². The van der Waals surface area contributed by atoms with Crippen LogP contribution in [0.5, 0.6) is 0 Å². The fraction of sp³-hybridized carbons (Fsp3) is 0. The predicted octanol–water partition coefficient (Wildman–Crippen LogP) is 0.232. The van der Waals surface area contributed by atoms with Gasteiger partial charge in [-0.3, -0.25) is 4.79 Å². The van der Waals surface area contributed by atoms with E-state index in [9.17, 15) is 14.4 Å². The number of H-pyrrole nitrogens is 1. The van der Waals surface area contributed by atoms with E-state index < -0.39 is 16.8 Å². The van der Waals surface area contributed by atoms with E-state index in [0.717, 1.165) is 12.2 Å². The molecule has 0 aromatic carbocycles. The Bertz CT molecular complexity index is 455.